The first-order chi connectivity index (χ1) is 15.3. The summed E-state index contributed by atoms with van der Waals surface area (Å²) in [5, 5.41) is 5.01. The van der Waals surface area contributed by atoms with Crippen LogP contribution in [0.5, 0.6) is 5.88 Å². The van der Waals surface area contributed by atoms with Gasteiger partial charge >= 0.3 is 0 Å². The third-order valence-corrected chi connectivity index (χ3v) is 6.93. The molecule has 1 atom stereocenters. The molecule has 0 aliphatic carbocycles. The number of ether oxygens (including phenoxy) is 2. The lowest BCUT2D eigenvalue weighted by Crippen LogP contribution is -2.19. The molecule has 0 N–H and O–H groups in total. The number of halogens is 1. The maximum atomic E-state index is 12.3. The Labute approximate surface area is 193 Å². The van der Waals surface area contributed by atoms with Crippen LogP contribution < -0.4 is 4.74 Å². The fraction of sp³-hybridized carbons (Fsp3) is 0.381. The molecule has 0 bridgehead atoms. The SMILES string of the molecule is Cn1c2nc(S(C)(=O)=O)nc(OCc3ccccc3)c2c2c1c(Br)nn2C1CCCCO1. The Kier molecular flexibility index (Phi) is 5.42. The van der Waals surface area contributed by atoms with E-state index in [2.05, 4.69) is 31.0 Å². The molecule has 32 heavy (non-hydrogen) atoms. The Morgan fingerprint density at radius 2 is 1.97 bits per heavy atom. The summed E-state index contributed by atoms with van der Waals surface area (Å²) < 4.78 is 41.0. The van der Waals surface area contributed by atoms with E-state index in [4.69, 9.17) is 9.47 Å². The molecule has 1 fully saturated rings. The van der Waals surface area contributed by atoms with Crippen molar-refractivity contribution >= 4 is 47.8 Å². The Morgan fingerprint density at radius 1 is 1.19 bits per heavy atom. The zero-order valence-electron chi connectivity index (χ0n) is 17.7. The van der Waals surface area contributed by atoms with Gasteiger partial charge in [0, 0.05) is 19.9 Å². The summed E-state index contributed by atoms with van der Waals surface area (Å²) >= 11 is 3.56. The van der Waals surface area contributed by atoms with E-state index >= 15 is 0 Å². The average Bonchev–Trinajstić information content (AvgIpc) is 3.28. The van der Waals surface area contributed by atoms with E-state index in [1.54, 1.807) is 0 Å². The number of rotatable bonds is 5. The predicted octanol–water partition coefficient (Wildman–Crippen LogP) is 3.76. The van der Waals surface area contributed by atoms with Gasteiger partial charge in [-0.1, -0.05) is 30.3 Å². The van der Waals surface area contributed by atoms with Crippen molar-refractivity contribution in [3.8, 4) is 5.88 Å². The second-order valence-corrected chi connectivity index (χ2v) is 10.5. The van der Waals surface area contributed by atoms with Gasteiger partial charge in [-0.2, -0.15) is 15.1 Å². The number of sulfone groups is 1. The van der Waals surface area contributed by atoms with Crippen LogP contribution in [0.3, 0.4) is 0 Å². The van der Waals surface area contributed by atoms with Crippen molar-refractivity contribution in [3.05, 3.63) is 40.5 Å². The third kappa shape index (κ3) is 3.67. The first-order valence-corrected chi connectivity index (χ1v) is 13.0. The second-order valence-electron chi connectivity index (χ2n) is 7.87. The molecule has 1 aromatic carbocycles. The summed E-state index contributed by atoms with van der Waals surface area (Å²) in [5.74, 6) is 0.203. The van der Waals surface area contributed by atoms with Crippen LogP contribution in [0.2, 0.25) is 0 Å². The highest BCUT2D eigenvalue weighted by Gasteiger charge is 2.29. The fourth-order valence-electron chi connectivity index (χ4n) is 4.02. The minimum Gasteiger partial charge on any atom is -0.472 e. The number of aromatic nitrogens is 5. The van der Waals surface area contributed by atoms with E-state index in [9.17, 15) is 8.42 Å². The van der Waals surface area contributed by atoms with Crippen molar-refractivity contribution in [1.29, 1.82) is 0 Å². The molecule has 9 nitrogen and oxygen atoms in total. The van der Waals surface area contributed by atoms with E-state index in [-0.39, 0.29) is 23.9 Å². The Bertz CT molecular complexity index is 1410. The van der Waals surface area contributed by atoms with Gasteiger partial charge in [-0.15, -0.1) is 0 Å². The molecule has 1 saturated heterocycles. The first-order valence-electron chi connectivity index (χ1n) is 10.3. The largest absolute Gasteiger partial charge is 0.472 e. The average molecular weight is 520 g/mol. The number of fused-ring (bicyclic) bond motifs is 3. The van der Waals surface area contributed by atoms with Crippen molar-refractivity contribution < 1.29 is 17.9 Å². The van der Waals surface area contributed by atoms with Crippen LogP contribution in [-0.2, 0) is 28.2 Å². The van der Waals surface area contributed by atoms with Gasteiger partial charge in [0.1, 0.15) is 23.0 Å². The molecule has 4 aromatic rings. The lowest BCUT2D eigenvalue weighted by atomic mass is 10.2. The number of hydrogen-bond acceptors (Lipinski definition) is 7. The van der Waals surface area contributed by atoms with Crippen LogP contribution in [0.1, 0.15) is 31.1 Å². The summed E-state index contributed by atoms with van der Waals surface area (Å²) in [6, 6.07) is 9.64. The summed E-state index contributed by atoms with van der Waals surface area (Å²) in [6.07, 6.45) is 3.76. The monoisotopic (exact) mass is 519 g/mol. The second kappa shape index (κ2) is 8.13. The van der Waals surface area contributed by atoms with Crippen molar-refractivity contribution in [2.24, 2.45) is 7.05 Å². The summed E-state index contributed by atoms with van der Waals surface area (Å²) in [6.45, 7) is 0.905. The highest BCUT2D eigenvalue weighted by Crippen LogP contribution is 2.39. The van der Waals surface area contributed by atoms with Crippen molar-refractivity contribution in [1.82, 2.24) is 24.3 Å². The topological polar surface area (TPSA) is 101 Å². The van der Waals surface area contributed by atoms with Crippen molar-refractivity contribution in [2.75, 3.05) is 12.9 Å². The van der Waals surface area contributed by atoms with Gasteiger partial charge in [-0.3, -0.25) is 0 Å². The molecule has 5 rings (SSSR count). The molecule has 4 heterocycles. The molecule has 11 heteroatoms. The molecule has 0 spiro atoms. The Morgan fingerprint density at radius 3 is 2.66 bits per heavy atom. The zero-order chi connectivity index (χ0) is 22.5. The lowest BCUT2D eigenvalue weighted by Gasteiger charge is -2.23. The number of hydrogen-bond donors (Lipinski definition) is 0. The van der Waals surface area contributed by atoms with Crippen LogP contribution in [0.4, 0.5) is 0 Å². The molecule has 168 valence electrons. The van der Waals surface area contributed by atoms with E-state index in [1.165, 1.54) is 0 Å². The van der Waals surface area contributed by atoms with Crippen LogP contribution in [0, 0.1) is 0 Å². The summed E-state index contributed by atoms with van der Waals surface area (Å²) in [4.78, 5) is 8.69. The summed E-state index contributed by atoms with van der Waals surface area (Å²) in [5.41, 5.74) is 2.93. The Hall–Kier alpha value is -2.50. The van der Waals surface area contributed by atoms with Crippen molar-refractivity contribution in [3.63, 3.8) is 0 Å². The number of aryl methyl sites for hydroxylation is 1. The molecule has 0 amide bonds. The summed E-state index contributed by atoms with van der Waals surface area (Å²) in [7, 11) is -1.83. The van der Waals surface area contributed by atoms with E-state index in [0.29, 0.717) is 22.2 Å². The fourth-order valence-corrected chi connectivity index (χ4v) is 5.14. The van der Waals surface area contributed by atoms with Crippen LogP contribution in [0.25, 0.3) is 22.1 Å². The predicted molar refractivity (Wildman–Crippen MR) is 122 cm³/mol. The quantitative estimate of drug-likeness (QED) is 0.370. The minimum atomic E-state index is -3.65. The third-order valence-electron chi connectivity index (χ3n) is 5.55. The molecule has 1 unspecified atom stereocenters. The van der Waals surface area contributed by atoms with Gasteiger partial charge in [0.05, 0.1) is 0 Å². The number of nitrogens with zero attached hydrogens (tertiary/aromatic N) is 5. The molecule has 0 saturated carbocycles. The molecule has 1 aliphatic rings. The Balaban J connectivity index is 1.75. The maximum absolute atomic E-state index is 12.3. The van der Waals surface area contributed by atoms with E-state index in [0.717, 1.165) is 42.1 Å². The van der Waals surface area contributed by atoms with Gasteiger partial charge in [0.2, 0.25) is 15.7 Å². The van der Waals surface area contributed by atoms with Gasteiger partial charge in [0.15, 0.2) is 16.5 Å². The highest BCUT2D eigenvalue weighted by molar-refractivity contribution is 9.10. The first kappa shape index (κ1) is 21.4. The lowest BCUT2D eigenvalue weighted by molar-refractivity contribution is -0.0367. The smallest absolute Gasteiger partial charge is 0.252 e. The van der Waals surface area contributed by atoms with Crippen LogP contribution >= 0.6 is 15.9 Å². The van der Waals surface area contributed by atoms with Crippen molar-refractivity contribution in [2.45, 2.75) is 37.3 Å². The highest BCUT2D eigenvalue weighted by atomic mass is 79.9. The normalized spacial score (nSPS) is 17.3. The molecular weight excluding hydrogens is 498 g/mol. The zero-order valence-corrected chi connectivity index (χ0v) is 20.1. The molecule has 1 aliphatic heterocycles. The van der Waals surface area contributed by atoms with Gasteiger partial charge in [0.25, 0.3) is 5.16 Å². The molecular formula is C21H22BrN5O4S. The van der Waals surface area contributed by atoms with Crippen LogP contribution in [-0.4, -0.2) is 45.6 Å². The molecule has 3 aromatic heterocycles. The van der Waals surface area contributed by atoms with Crippen LogP contribution in [0.15, 0.2) is 40.1 Å². The molecule has 0 radical (unpaired) electrons. The van der Waals surface area contributed by atoms with Gasteiger partial charge in [-0.25, -0.2) is 13.1 Å². The number of benzene rings is 1. The van der Waals surface area contributed by atoms with E-state index in [1.807, 2.05) is 46.6 Å². The van der Waals surface area contributed by atoms with E-state index < -0.39 is 9.84 Å². The minimum absolute atomic E-state index is 0.203. The maximum Gasteiger partial charge on any atom is 0.252 e. The standard InChI is InChI=1S/C21H22BrN5O4S/c1-26-17-16(27(25-18(17)22)14-10-6-7-11-30-14)15-19(26)23-21(32(2,28)29)24-20(15)31-12-13-8-4-3-5-9-13/h3-5,8-9,14H,6-7,10-12H2,1-2H3. The van der Waals surface area contributed by atoms with Gasteiger partial charge in [-0.05, 0) is 40.8 Å². The van der Waals surface area contributed by atoms with Gasteiger partial charge < -0.3 is 14.0 Å².